The highest BCUT2D eigenvalue weighted by Gasteiger charge is 2.27. The topological polar surface area (TPSA) is 77.0 Å². The Morgan fingerprint density at radius 2 is 1.85 bits per heavy atom. The van der Waals surface area contributed by atoms with Gasteiger partial charge in [0.15, 0.2) is 23.4 Å². The van der Waals surface area contributed by atoms with E-state index in [4.69, 9.17) is 14.2 Å². The molecule has 0 N–H and O–H groups in total. The minimum absolute atomic E-state index is 0.0256. The maximum Gasteiger partial charge on any atom is 0.263 e. The normalized spacial score (nSPS) is 17.0. The van der Waals surface area contributed by atoms with E-state index < -0.39 is 6.10 Å². The number of carbonyl (C=O) groups is 1. The summed E-state index contributed by atoms with van der Waals surface area (Å²) in [6, 6.07) is 9.23. The van der Waals surface area contributed by atoms with E-state index in [9.17, 15) is 4.79 Å². The van der Waals surface area contributed by atoms with Gasteiger partial charge in [0.05, 0.1) is 5.69 Å². The van der Waals surface area contributed by atoms with E-state index in [1.807, 2.05) is 24.0 Å². The maximum absolute atomic E-state index is 12.7. The summed E-state index contributed by atoms with van der Waals surface area (Å²) in [5.74, 6) is 2.74. The first-order valence-electron chi connectivity index (χ1n) is 9.00. The average Bonchev–Trinajstić information content (AvgIpc) is 3.16. The number of carbonyl (C=O) groups excluding carboxylic acids is 1. The Morgan fingerprint density at radius 1 is 1.07 bits per heavy atom. The zero-order valence-corrected chi connectivity index (χ0v) is 15.4. The van der Waals surface area contributed by atoms with Gasteiger partial charge in [-0.1, -0.05) is 0 Å². The van der Waals surface area contributed by atoms with Crippen molar-refractivity contribution in [2.24, 2.45) is 0 Å². The third-order valence-electron chi connectivity index (χ3n) is 4.70. The van der Waals surface area contributed by atoms with Gasteiger partial charge >= 0.3 is 0 Å². The second kappa shape index (κ2) is 7.30. The number of fused-ring (bicyclic) bond motifs is 1. The lowest BCUT2D eigenvalue weighted by Gasteiger charge is -2.36. The van der Waals surface area contributed by atoms with Crippen molar-refractivity contribution in [1.29, 1.82) is 0 Å². The first-order chi connectivity index (χ1) is 13.1. The zero-order valence-electron chi connectivity index (χ0n) is 15.4. The molecule has 1 unspecified atom stereocenters. The molecule has 0 aliphatic carbocycles. The van der Waals surface area contributed by atoms with E-state index >= 15 is 0 Å². The molecule has 27 heavy (non-hydrogen) atoms. The molecule has 2 aromatic rings. The summed E-state index contributed by atoms with van der Waals surface area (Å²) in [5, 5.41) is 8.31. The molecule has 142 valence electrons. The Balaban J connectivity index is 1.32. The smallest absolute Gasteiger partial charge is 0.263 e. The van der Waals surface area contributed by atoms with Crippen LogP contribution in [-0.4, -0.2) is 60.1 Å². The average molecular weight is 370 g/mol. The molecular weight excluding hydrogens is 348 g/mol. The van der Waals surface area contributed by atoms with Crippen molar-refractivity contribution in [3.05, 3.63) is 36.0 Å². The first-order valence-corrected chi connectivity index (χ1v) is 9.00. The summed E-state index contributed by atoms with van der Waals surface area (Å²) in [6.07, 6.45) is -0.573. The van der Waals surface area contributed by atoms with Crippen molar-refractivity contribution in [3.8, 4) is 17.2 Å². The minimum atomic E-state index is -0.573. The highest BCUT2D eigenvalue weighted by Crippen LogP contribution is 2.35. The van der Waals surface area contributed by atoms with E-state index in [1.54, 1.807) is 25.1 Å². The Morgan fingerprint density at radius 3 is 2.59 bits per heavy atom. The minimum Gasteiger partial charge on any atom is -0.481 e. The zero-order chi connectivity index (χ0) is 18.8. The van der Waals surface area contributed by atoms with E-state index in [1.165, 1.54) is 0 Å². The van der Waals surface area contributed by atoms with Crippen LogP contribution in [-0.2, 0) is 4.79 Å². The highest BCUT2D eigenvalue weighted by molar-refractivity contribution is 5.81. The number of rotatable bonds is 4. The number of aromatic nitrogens is 2. The van der Waals surface area contributed by atoms with Crippen LogP contribution in [0.5, 0.6) is 17.2 Å². The first kappa shape index (κ1) is 17.4. The van der Waals surface area contributed by atoms with Gasteiger partial charge in [-0.05, 0) is 38.1 Å². The summed E-state index contributed by atoms with van der Waals surface area (Å²) in [6.45, 7) is 6.59. The van der Waals surface area contributed by atoms with Gasteiger partial charge in [0, 0.05) is 32.2 Å². The summed E-state index contributed by atoms with van der Waals surface area (Å²) in [7, 11) is 0. The molecule has 1 saturated heterocycles. The number of aryl methyl sites for hydroxylation is 1. The summed E-state index contributed by atoms with van der Waals surface area (Å²) < 4.78 is 16.4. The van der Waals surface area contributed by atoms with Crippen LogP contribution in [0.1, 0.15) is 12.6 Å². The van der Waals surface area contributed by atoms with Crippen molar-refractivity contribution in [2.45, 2.75) is 20.0 Å². The van der Waals surface area contributed by atoms with Gasteiger partial charge in [0.1, 0.15) is 5.75 Å². The van der Waals surface area contributed by atoms with Gasteiger partial charge in [-0.2, -0.15) is 5.10 Å². The van der Waals surface area contributed by atoms with Crippen LogP contribution >= 0.6 is 0 Å². The number of hydrogen-bond acceptors (Lipinski definition) is 7. The molecule has 1 aromatic carbocycles. The van der Waals surface area contributed by atoms with Crippen LogP contribution < -0.4 is 19.1 Å². The fourth-order valence-electron chi connectivity index (χ4n) is 3.18. The van der Waals surface area contributed by atoms with E-state index in [0.717, 1.165) is 24.6 Å². The number of benzene rings is 1. The van der Waals surface area contributed by atoms with Gasteiger partial charge in [-0.3, -0.25) is 4.79 Å². The van der Waals surface area contributed by atoms with Crippen LogP contribution in [0, 0.1) is 6.92 Å². The molecule has 8 nitrogen and oxygen atoms in total. The largest absolute Gasteiger partial charge is 0.481 e. The molecule has 1 fully saturated rings. The lowest BCUT2D eigenvalue weighted by atomic mass is 10.2. The number of anilines is 1. The third kappa shape index (κ3) is 3.74. The van der Waals surface area contributed by atoms with Crippen LogP contribution in [0.25, 0.3) is 0 Å². The fraction of sp³-hybridized carbons (Fsp3) is 0.421. The van der Waals surface area contributed by atoms with Crippen molar-refractivity contribution < 1.29 is 19.0 Å². The maximum atomic E-state index is 12.7. The highest BCUT2D eigenvalue weighted by atomic mass is 16.7. The molecule has 0 spiro atoms. The quantitative estimate of drug-likeness (QED) is 0.809. The molecule has 2 aliphatic rings. The van der Waals surface area contributed by atoms with Gasteiger partial charge in [0.2, 0.25) is 6.79 Å². The molecule has 0 radical (unpaired) electrons. The Bertz CT molecular complexity index is 819. The van der Waals surface area contributed by atoms with Crippen LogP contribution in [0.4, 0.5) is 5.82 Å². The number of ether oxygens (including phenoxy) is 3. The standard InChI is InChI=1S/C19H22N4O4/c1-13-3-6-18(21-20-13)22-7-9-23(10-8-22)19(24)14(2)27-15-4-5-16-17(11-15)26-12-25-16/h3-6,11,14H,7-10,12H2,1-2H3. The Kier molecular flexibility index (Phi) is 4.70. The third-order valence-corrected chi connectivity index (χ3v) is 4.70. The van der Waals surface area contributed by atoms with Crippen molar-refractivity contribution in [1.82, 2.24) is 15.1 Å². The fourth-order valence-corrected chi connectivity index (χ4v) is 3.18. The van der Waals surface area contributed by atoms with E-state index in [0.29, 0.717) is 30.3 Å². The molecular formula is C19H22N4O4. The van der Waals surface area contributed by atoms with Crippen LogP contribution in [0.2, 0.25) is 0 Å². The van der Waals surface area contributed by atoms with Gasteiger partial charge in [-0.15, -0.1) is 5.10 Å². The summed E-state index contributed by atoms with van der Waals surface area (Å²) in [5.41, 5.74) is 0.891. The van der Waals surface area contributed by atoms with Crippen molar-refractivity contribution >= 4 is 11.7 Å². The molecule has 8 heteroatoms. The molecule has 1 atom stereocenters. The Hall–Kier alpha value is -3.03. The summed E-state index contributed by atoms with van der Waals surface area (Å²) >= 11 is 0. The van der Waals surface area contributed by atoms with E-state index in [2.05, 4.69) is 15.1 Å². The predicted octanol–water partition coefficient (Wildman–Crippen LogP) is 1.63. The van der Waals surface area contributed by atoms with Gasteiger partial charge < -0.3 is 24.0 Å². The lowest BCUT2D eigenvalue weighted by molar-refractivity contribution is -0.138. The van der Waals surface area contributed by atoms with Gasteiger partial charge in [-0.25, -0.2) is 0 Å². The van der Waals surface area contributed by atoms with E-state index in [-0.39, 0.29) is 12.7 Å². The molecule has 4 rings (SSSR count). The Labute approximate surface area is 157 Å². The molecule has 0 saturated carbocycles. The number of nitrogens with zero attached hydrogens (tertiary/aromatic N) is 4. The molecule has 1 amide bonds. The van der Waals surface area contributed by atoms with Crippen LogP contribution in [0.3, 0.4) is 0 Å². The van der Waals surface area contributed by atoms with Gasteiger partial charge in [0.25, 0.3) is 5.91 Å². The number of piperazine rings is 1. The molecule has 3 heterocycles. The number of hydrogen-bond donors (Lipinski definition) is 0. The molecule has 0 bridgehead atoms. The number of amides is 1. The van der Waals surface area contributed by atoms with Crippen molar-refractivity contribution in [3.63, 3.8) is 0 Å². The SMILES string of the molecule is Cc1ccc(N2CCN(C(=O)C(C)Oc3ccc4c(c3)OCO4)CC2)nn1. The second-order valence-corrected chi connectivity index (χ2v) is 6.62. The summed E-state index contributed by atoms with van der Waals surface area (Å²) in [4.78, 5) is 16.7. The predicted molar refractivity (Wildman–Crippen MR) is 98.2 cm³/mol. The second-order valence-electron chi connectivity index (χ2n) is 6.62. The molecule has 2 aliphatic heterocycles. The van der Waals surface area contributed by atoms with Crippen LogP contribution in [0.15, 0.2) is 30.3 Å². The van der Waals surface area contributed by atoms with Crippen molar-refractivity contribution in [2.75, 3.05) is 37.9 Å². The molecule has 1 aromatic heterocycles. The lowest BCUT2D eigenvalue weighted by Crippen LogP contribution is -2.52. The monoisotopic (exact) mass is 370 g/mol.